The van der Waals surface area contributed by atoms with E-state index in [0.717, 1.165) is 16.9 Å². The smallest absolute Gasteiger partial charge is 0.207 e. The Morgan fingerprint density at radius 1 is 1.29 bits per heavy atom. The van der Waals surface area contributed by atoms with E-state index in [1.807, 2.05) is 18.2 Å². The average Bonchev–Trinajstić information content (AvgIpc) is 2.73. The van der Waals surface area contributed by atoms with Gasteiger partial charge in [0.25, 0.3) is 0 Å². The highest BCUT2D eigenvalue weighted by Gasteiger charge is 2.21. The summed E-state index contributed by atoms with van der Waals surface area (Å²) in [5.41, 5.74) is 0.903. The lowest BCUT2D eigenvalue weighted by Crippen LogP contribution is -2.33. The van der Waals surface area contributed by atoms with Crippen LogP contribution in [0, 0.1) is 0 Å². The molecule has 0 amide bonds. The highest BCUT2D eigenvalue weighted by molar-refractivity contribution is 9.11. The van der Waals surface area contributed by atoms with Crippen LogP contribution < -0.4 is 4.72 Å². The first-order valence-corrected chi connectivity index (χ1v) is 9.85. The van der Waals surface area contributed by atoms with E-state index < -0.39 is 10.0 Å². The lowest BCUT2D eigenvalue weighted by Gasteiger charge is -2.14. The number of benzene rings is 1. The minimum atomic E-state index is -3.58. The molecular weight excluding hydrogens is 417 g/mol. The molecule has 0 bridgehead atoms. The molecule has 2 rings (SSSR count). The maximum absolute atomic E-state index is 12.3. The normalized spacial score (nSPS) is 13.3. The fraction of sp³-hybridized carbons (Fsp3) is 0.231. The molecule has 0 aliphatic carbocycles. The molecule has 114 valence electrons. The third-order valence-electron chi connectivity index (χ3n) is 2.73. The highest BCUT2D eigenvalue weighted by Crippen LogP contribution is 2.34. The molecule has 1 aromatic heterocycles. The molecule has 0 aliphatic rings. The van der Waals surface area contributed by atoms with Crippen LogP contribution in [0.1, 0.15) is 12.5 Å². The van der Waals surface area contributed by atoms with Crippen molar-refractivity contribution in [2.75, 3.05) is 0 Å². The lowest BCUT2D eigenvalue weighted by atomic mass is 10.1. The van der Waals surface area contributed by atoms with Gasteiger partial charge in [-0.25, -0.2) is 13.1 Å². The van der Waals surface area contributed by atoms with Crippen molar-refractivity contribution in [3.8, 4) is 0 Å². The molecule has 1 N–H and O–H groups in total. The number of sulfonamides is 1. The van der Waals surface area contributed by atoms with Gasteiger partial charge in [0, 0.05) is 11.1 Å². The van der Waals surface area contributed by atoms with Crippen molar-refractivity contribution in [2.24, 2.45) is 0 Å². The molecule has 1 unspecified atom stereocenters. The Morgan fingerprint density at radius 2 is 1.95 bits per heavy atom. The Kier molecular flexibility index (Phi) is 5.73. The molecule has 0 saturated heterocycles. The zero-order chi connectivity index (χ0) is 15.6. The van der Waals surface area contributed by atoms with E-state index in [9.17, 15) is 8.42 Å². The molecule has 0 saturated carbocycles. The molecule has 1 heterocycles. The first kappa shape index (κ1) is 17.2. The van der Waals surface area contributed by atoms with Gasteiger partial charge in [-0.3, -0.25) is 0 Å². The first-order valence-electron chi connectivity index (χ1n) is 6.00. The molecule has 0 aliphatic heterocycles. The molecule has 0 radical (unpaired) electrons. The predicted molar refractivity (Wildman–Crippen MR) is 92.0 cm³/mol. The summed E-state index contributed by atoms with van der Waals surface area (Å²) >= 11 is 16.3. The monoisotopic (exact) mass is 427 g/mol. The highest BCUT2D eigenvalue weighted by atomic mass is 79.9. The van der Waals surface area contributed by atoms with Gasteiger partial charge in [0.2, 0.25) is 10.0 Å². The molecule has 0 spiro atoms. The largest absolute Gasteiger partial charge is 0.250 e. The van der Waals surface area contributed by atoms with Crippen LogP contribution in [0.3, 0.4) is 0 Å². The van der Waals surface area contributed by atoms with Crippen molar-refractivity contribution in [1.82, 2.24) is 4.72 Å². The molecule has 1 atom stereocenters. The van der Waals surface area contributed by atoms with E-state index in [4.69, 9.17) is 23.2 Å². The van der Waals surface area contributed by atoms with Gasteiger partial charge >= 0.3 is 0 Å². The summed E-state index contributed by atoms with van der Waals surface area (Å²) in [4.78, 5) is 0. The SMILES string of the molecule is CC(Cc1ccccc1Cl)NS(=O)(=O)c1cc(Cl)c(Br)s1. The Bertz CT molecular complexity index is 727. The summed E-state index contributed by atoms with van der Waals surface area (Å²) in [6.45, 7) is 1.80. The number of thiophene rings is 1. The van der Waals surface area contributed by atoms with Crippen LogP contribution in [-0.2, 0) is 16.4 Å². The van der Waals surface area contributed by atoms with Crippen LogP contribution in [0.15, 0.2) is 38.3 Å². The van der Waals surface area contributed by atoms with Crippen LogP contribution in [0.2, 0.25) is 10.0 Å². The molecular formula is C13H12BrCl2NO2S2. The Labute approximate surface area is 146 Å². The Hall–Kier alpha value is -0.110. The van der Waals surface area contributed by atoms with Gasteiger partial charge in [0.15, 0.2) is 0 Å². The van der Waals surface area contributed by atoms with E-state index in [1.165, 1.54) is 6.07 Å². The van der Waals surface area contributed by atoms with Gasteiger partial charge in [-0.05, 0) is 47.0 Å². The van der Waals surface area contributed by atoms with E-state index in [-0.39, 0.29) is 10.3 Å². The van der Waals surface area contributed by atoms with Crippen molar-refractivity contribution in [2.45, 2.75) is 23.6 Å². The fourth-order valence-corrected chi connectivity index (χ4v) is 5.69. The van der Waals surface area contributed by atoms with E-state index in [0.29, 0.717) is 20.3 Å². The van der Waals surface area contributed by atoms with Crippen molar-refractivity contribution in [1.29, 1.82) is 0 Å². The minimum absolute atomic E-state index is 0.186. The summed E-state index contributed by atoms with van der Waals surface area (Å²) in [5.74, 6) is 0. The lowest BCUT2D eigenvalue weighted by molar-refractivity contribution is 0.562. The third-order valence-corrected chi connectivity index (χ3v) is 7.63. The molecule has 2 aromatic rings. The second-order valence-corrected chi connectivity index (χ2v) is 9.63. The summed E-state index contributed by atoms with van der Waals surface area (Å²) in [6.07, 6.45) is 0.513. The minimum Gasteiger partial charge on any atom is -0.207 e. The number of hydrogen-bond acceptors (Lipinski definition) is 3. The van der Waals surface area contributed by atoms with Gasteiger partial charge in [0.1, 0.15) is 4.21 Å². The van der Waals surface area contributed by atoms with Crippen molar-refractivity contribution < 1.29 is 8.42 Å². The van der Waals surface area contributed by atoms with Crippen LogP contribution in [0.4, 0.5) is 0 Å². The third kappa shape index (κ3) is 4.43. The summed E-state index contributed by atoms with van der Waals surface area (Å²) in [5, 5.41) is 1.02. The molecule has 3 nitrogen and oxygen atoms in total. The number of halogens is 3. The zero-order valence-corrected chi connectivity index (χ0v) is 15.7. The predicted octanol–water partition coefficient (Wildman–Crippen LogP) is 4.73. The molecule has 8 heteroatoms. The molecule has 1 aromatic carbocycles. The topological polar surface area (TPSA) is 46.2 Å². The van der Waals surface area contributed by atoms with E-state index >= 15 is 0 Å². The zero-order valence-electron chi connectivity index (χ0n) is 10.9. The molecule has 0 fully saturated rings. The Balaban J connectivity index is 2.11. The van der Waals surface area contributed by atoms with Gasteiger partial charge in [0.05, 0.1) is 8.81 Å². The summed E-state index contributed by atoms with van der Waals surface area (Å²) in [7, 11) is -3.58. The van der Waals surface area contributed by atoms with Crippen molar-refractivity contribution in [3.05, 3.63) is 49.7 Å². The van der Waals surface area contributed by atoms with E-state index in [1.54, 1.807) is 13.0 Å². The van der Waals surface area contributed by atoms with Gasteiger partial charge in [-0.2, -0.15) is 0 Å². The summed E-state index contributed by atoms with van der Waals surface area (Å²) in [6, 6.07) is 8.53. The average molecular weight is 429 g/mol. The van der Waals surface area contributed by atoms with E-state index in [2.05, 4.69) is 20.7 Å². The second-order valence-electron chi connectivity index (χ2n) is 4.50. The first-order chi connectivity index (χ1) is 9.79. The number of nitrogens with one attached hydrogen (secondary N) is 1. The van der Waals surface area contributed by atoms with Crippen LogP contribution in [0.25, 0.3) is 0 Å². The standard InChI is InChI=1S/C13H12BrCl2NO2S2/c1-8(6-9-4-2-3-5-10(9)15)17-21(18,19)12-7-11(16)13(14)20-12/h2-5,7-8,17H,6H2,1H3. The summed E-state index contributed by atoms with van der Waals surface area (Å²) < 4.78 is 28.0. The Morgan fingerprint density at radius 3 is 2.52 bits per heavy atom. The quantitative estimate of drug-likeness (QED) is 0.748. The maximum Gasteiger partial charge on any atom is 0.250 e. The number of rotatable bonds is 5. The maximum atomic E-state index is 12.3. The fourth-order valence-electron chi connectivity index (χ4n) is 1.82. The van der Waals surface area contributed by atoms with Gasteiger partial charge in [-0.15, -0.1) is 11.3 Å². The number of hydrogen-bond donors (Lipinski definition) is 1. The van der Waals surface area contributed by atoms with Crippen LogP contribution in [-0.4, -0.2) is 14.5 Å². The van der Waals surface area contributed by atoms with Gasteiger partial charge < -0.3 is 0 Å². The molecule has 21 heavy (non-hydrogen) atoms. The van der Waals surface area contributed by atoms with Gasteiger partial charge in [-0.1, -0.05) is 41.4 Å². The van der Waals surface area contributed by atoms with Crippen molar-refractivity contribution in [3.63, 3.8) is 0 Å². The van der Waals surface area contributed by atoms with Crippen LogP contribution >= 0.6 is 50.5 Å². The van der Waals surface area contributed by atoms with Crippen LogP contribution in [0.5, 0.6) is 0 Å². The van der Waals surface area contributed by atoms with Crippen molar-refractivity contribution >= 4 is 60.5 Å². The second kappa shape index (κ2) is 6.98.